The maximum absolute atomic E-state index is 12.4. The van der Waals surface area contributed by atoms with Crippen LogP contribution >= 0.6 is 11.8 Å². The molecule has 1 aromatic heterocycles. The van der Waals surface area contributed by atoms with Crippen LogP contribution in [0.3, 0.4) is 0 Å². The van der Waals surface area contributed by atoms with E-state index in [2.05, 4.69) is 37.4 Å². The van der Waals surface area contributed by atoms with Gasteiger partial charge in [0.2, 0.25) is 5.91 Å². The number of methoxy groups -OCH3 is 1. The molecule has 0 unspecified atom stereocenters. The molecular formula is C22H24N2O2S. The number of amides is 1. The molecule has 5 heteroatoms. The molecule has 3 rings (SSSR count). The van der Waals surface area contributed by atoms with Gasteiger partial charge in [-0.3, -0.25) is 4.79 Å². The van der Waals surface area contributed by atoms with Crippen molar-refractivity contribution in [3.05, 3.63) is 58.7 Å². The Morgan fingerprint density at radius 2 is 1.81 bits per heavy atom. The molecule has 0 aliphatic rings. The minimum atomic E-state index is -0.0781. The smallest absolute Gasteiger partial charge is 0.234 e. The maximum atomic E-state index is 12.4. The summed E-state index contributed by atoms with van der Waals surface area (Å²) in [6, 6.07) is 12.1. The van der Waals surface area contributed by atoms with E-state index < -0.39 is 0 Å². The van der Waals surface area contributed by atoms with Gasteiger partial charge < -0.3 is 10.1 Å². The third-order valence-electron chi connectivity index (χ3n) is 4.40. The van der Waals surface area contributed by atoms with Crippen LogP contribution in [0.5, 0.6) is 5.75 Å². The number of thioether (sulfide) groups is 1. The lowest BCUT2D eigenvalue weighted by Gasteiger charge is -2.12. The van der Waals surface area contributed by atoms with Crippen LogP contribution < -0.4 is 10.1 Å². The Morgan fingerprint density at radius 3 is 2.56 bits per heavy atom. The first-order valence-corrected chi connectivity index (χ1v) is 9.82. The number of aryl methyl sites for hydroxylation is 4. The molecule has 0 aliphatic heterocycles. The van der Waals surface area contributed by atoms with Crippen molar-refractivity contribution >= 4 is 34.3 Å². The van der Waals surface area contributed by atoms with Crippen molar-refractivity contribution in [2.24, 2.45) is 0 Å². The Morgan fingerprint density at radius 1 is 1.04 bits per heavy atom. The largest absolute Gasteiger partial charge is 0.495 e. The van der Waals surface area contributed by atoms with E-state index in [0.717, 1.165) is 27.1 Å². The fraction of sp³-hybridized carbons (Fsp3) is 0.273. The zero-order valence-electron chi connectivity index (χ0n) is 16.3. The molecule has 0 saturated carbocycles. The van der Waals surface area contributed by atoms with Crippen LogP contribution in [0.4, 0.5) is 5.69 Å². The van der Waals surface area contributed by atoms with Crippen molar-refractivity contribution in [3.63, 3.8) is 0 Å². The van der Waals surface area contributed by atoms with Gasteiger partial charge >= 0.3 is 0 Å². The average molecular weight is 381 g/mol. The van der Waals surface area contributed by atoms with E-state index in [4.69, 9.17) is 9.72 Å². The van der Waals surface area contributed by atoms with Gasteiger partial charge in [0.15, 0.2) is 0 Å². The van der Waals surface area contributed by atoms with Gasteiger partial charge in [0.1, 0.15) is 10.8 Å². The van der Waals surface area contributed by atoms with Crippen molar-refractivity contribution < 1.29 is 9.53 Å². The lowest BCUT2D eigenvalue weighted by atomic mass is 10.1. The number of nitrogens with one attached hydrogen (secondary N) is 1. The molecule has 0 saturated heterocycles. The first-order valence-electron chi connectivity index (χ1n) is 8.83. The van der Waals surface area contributed by atoms with Gasteiger partial charge in [-0.05, 0) is 74.2 Å². The summed E-state index contributed by atoms with van der Waals surface area (Å²) in [5.74, 6) is 0.872. The van der Waals surface area contributed by atoms with Crippen molar-refractivity contribution in [1.29, 1.82) is 0 Å². The Balaban J connectivity index is 1.76. The Kier molecular flexibility index (Phi) is 5.71. The van der Waals surface area contributed by atoms with Crippen LogP contribution in [0.15, 0.2) is 41.4 Å². The highest BCUT2D eigenvalue weighted by Crippen LogP contribution is 2.28. The molecule has 2 aromatic carbocycles. The van der Waals surface area contributed by atoms with Crippen LogP contribution in [0.25, 0.3) is 10.9 Å². The first-order chi connectivity index (χ1) is 12.9. The topological polar surface area (TPSA) is 51.2 Å². The number of carbonyl (C=O) groups is 1. The summed E-state index contributed by atoms with van der Waals surface area (Å²) in [5, 5.41) is 4.99. The van der Waals surface area contributed by atoms with Crippen molar-refractivity contribution in [3.8, 4) is 5.75 Å². The van der Waals surface area contributed by atoms with Crippen molar-refractivity contribution in [2.45, 2.75) is 32.7 Å². The zero-order chi connectivity index (χ0) is 19.6. The molecule has 1 amide bonds. The molecule has 0 spiro atoms. The fourth-order valence-electron chi connectivity index (χ4n) is 3.10. The number of ether oxygens (including phenoxy) is 1. The van der Waals surface area contributed by atoms with E-state index in [1.54, 1.807) is 7.11 Å². The second kappa shape index (κ2) is 8.01. The summed E-state index contributed by atoms with van der Waals surface area (Å²) in [5.41, 5.74) is 6.23. The number of fused-ring (bicyclic) bond motifs is 1. The third-order valence-corrected chi connectivity index (χ3v) is 5.49. The van der Waals surface area contributed by atoms with Gasteiger partial charge in [-0.1, -0.05) is 23.9 Å². The summed E-state index contributed by atoms with van der Waals surface area (Å²) in [6.07, 6.45) is 0. The Bertz CT molecular complexity index is 1010. The molecule has 0 aliphatic carbocycles. The number of hydrogen-bond acceptors (Lipinski definition) is 4. The van der Waals surface area contributed by atoms with Crippen LogP contribution in [-0.2, 0) is 4.79 Å². The molecule has 0 radical (unpaired) electrons. The molecular weight excluding hydrogens is 356 g/mol. The highest BCUT2D eigenvalue weighted by Gasteiger charge is 2.11. The summed E-state index contributed by atoms with van der Waals surface area (Å²) >= 11 is 1.45. The SMILES string of the molecule is COc1ccc(C)cc1NC(=O)CSc1nc2cc(C)cc(C)c2cc1C. The number of benzene rings is 2. The Labute approximate surface area is 164 Å². The van der Waals surface area contributed by atoms with Crippen LogP contribution in [0, 0.1) is 27.7 Å². The Hall–Kier alpha value is -2.53. The van der Waals surface area contributed by atoms with E-state index in [1.807, 2.05) is 32.0 Å². The summed E-state index contributed by atoms with van der Waals surface area (Å²) in [6.45, 7) is 8.20. The van der Waals surface area contributed by atoms with Crippen LogP contribution in [0.1, 0.15) is 22.3 Å². The normalized spacial score (nSPS) is 10.9. The van der Waals surface area contributed by atoms with Gasteiger partial charge in [-0.2, -0.15) is 0 Å². The van der Waals surface area contributed by atoms with E-state index in [-0.39, 0.29) is 5.91 Å². The second-order valence-electron chi connectivity index (χ2n) is 6.80. The predicted molar refractivity (Wildman–Crippen MR) is 113 cm³/mol. The maximum Gasteiger partial charge on any atom is 0.234 e. The number of rotatable bonds is 5. The molecule has 1 heterocycles. The van der Waals surface area contributed by atoms with Gasteiger partial charge in [-0.25, -0.2) is 4.98 Å². The molecule has 0 atom stereocenters. The molecule has 140 valence electrons. The van der Waals surface area contributed by atoms with Gasteiger partial charge in [-0.15, -0.1) is 0 Å². The first kappa shape index (κ1) is 19.2. The minimum absolute atomic E-state index is 0.0781. The number of pyridine rings is 1. The lowest BCUT2D eigenvalue weighted by Crippen LogP contribution is -2.15. The van der Waals surface area contributed by atoms with Crippen LogP contribution in [0.2, 0.25) is 0 Å². The molecule has 0 bridgehead atoms. The standard InChI is InChI=1S/C22H24N2O2S/c1-13-6-7-20(26-5)19(9-13)23-21(25)12-27-22-16(4)11-17-15(3)8-14(2)10-18(17)24-22/h6-11H,12H2,1-5H3,(H,23,25). The fourth-order valence-corrected chi connectivity index (χ4v) is 3.89. The summed E-state index contributed by atoms with van der Waals surface area (Å²) in [4.78, 5) is 17.2. The molecule has 0 fully saturated rings. The number of anilines is 1. The molecule has 1 N–H and O–H groups in total. The van der Waals surface area contributed by atoms with Crippen molar-refractivity contribution in [1.82, 2.24) is 4.98 Å². The zero-order valence-corrected chi connectivity index (χ0v) is 17.2. The van der Waals surface area contributed by atoms with Gasteiger partial charge in [0.05, 0.1) is 24.1 Å². The lowest BCUT2D eigenvalue weighted by molar-refractivity contribution is -0.113. The van der Waals surface area contributed by atoms with E-state index in [9.17, 15) is 4.79 Å². The number of hydrogen-bond donors (Lipinski definition) is 1. The summed E-state index contributed by atoms with van der Waals surface area (Å²) < 4.78 is 5.32. The molecule has 3 aromatic rings. The van der Waals surface area contributed by atoms with E-state index >= 15 is 0 Å². The molecule has 27 heavy (non-hydrogen) atoms. The van der Waals surface area contributed by atoms with Crippen LogP contribution in [-0.4, -0.2) is 23.8 Å². The minimum Gasteiger partial charge on any atom is -0.495 e. The number of nitrogens with zero attached hydrogens (tertiary/aromatic N) is 1. The monoisotopic (exact) mass is 380 g/mol. The van der Waals surface area contributed by atoms with Gasteiger partial charge in [0.25, 0.3) is 0 Å². The number of carbonyl (C=O) groups excluding carboxylic acids is 1. The van der Waals surface area contributed by atoms with Crippen molar-refractivity contribution in [2.75, 3.05) is 18.2 Å². The highest BCUT2D eigenvalue weighted by atomic mass is 32.2. The second-order valence-corrected chi connectivity index (χ2v) is 7.76. The van der Waals surface area contributed by atoms with Gasteiger partial charge in [0, 0.05) is 5.39 Å². The quantitative estimate of drug-likeness (QED) is 0.618. The predicted octanol–water partition coefficient (Wildman–Crippen LogP) is 5.21. The third kappa shape index (κ3) is 4.42. The number of aromatic nitrogens is 1. The summed E-state index contributed by atoms with van der Waals surface area (Å²) in [7, 11) is 1.60. The highest BCUT2D eigenvalue weighted by molar-refractivity contribution is 8.00. The molecule has 4 nitrogen and oxygen atoms in total. The van der Waals surface area contributed by atoms with E-state index in [1.165, 1.54) is 22.9 Å². The average Bonchev–Trinajstić information content (AvgIpc) is 2.61. The van der Waals surface area contributed by atoms with E-state index in [0.29, 0.717) is 17.2 Å².